The minimum Gasteiger partial charge on any atom is -0.462 e. The third kappa shape index (κ3) is 65.5. The van der Waals surface area contributed by atoms with Crippen molar-refractivity contribution in [1.82, 2.24) is 0 Å². The standard InChI is InChI=1S/C73H130O6/c1-4-7-10-13-16-19-22-25-28-29-30-31-32-33-34-35-36-37-38-39-40-41-42-43-46-48-51-54-57-60-63-66-72(75)78-69-70(79-73(76)67-64-61-58-55-52-49-45-27-24-21-18-15-12-9-6-3)68-77-71(74)65-62-59-56-53-50-47-44-26-23-20-17-14-11-8-5-2/h9,12,18,21-22,25,27,29-30,45,52,55,70H,4-8,10-11,13-17,19-20,23-24,26,28,31-44,46-51,53-54,56-69H2,1-3H3/b12-9-,21-18-,25-22-,30-29-,45-27-,55-52-. The van der Waals surface area contributed by atoms with Crippen molar-refractivity contribution < 1.29 is 28.6 Å². The van der Waals surface area contributed by atoms with Crippen LogP contribution in [0.5, 0.6) is 0 Å². The fourth-order valence-corrected chi connectivity index (χ4v) is 10.1. The molecule has 6 nitrogen and oxygen atoms in total. The summed E-state index contributed by atoms with van der Waals surface area (Å²) in [6.07, 6.45) is 88.0. The molecule has 0 N–H and O–H groups in total. The van der Waals surface area contributed by atoms with E-state index in [1.807, 2.05) is 0 Å². The SMILES string of the molecule is CC/C=C\C/C=C\C/C=C\C/C=C\CCCCC(=O)OC(COC(=O)CCCCCCCCCCCCCCCCC)COC(=O)CCCCCCCCCCCCCCCCCCCCC/C=C\C/C=C\CCCCCCC. The third-order valence-corrected chi connectivity index (χ3v) is 15.2. The smallest absolute Gasteiger partial charge is 0.306 e. The van der Waals surface area contributed by atoms with Crippen molar-refractivity contribution in [2.45, 2.75) is 361 Å². The van der Waals surface area contributed by atoms with E-state index in [2.05, 4.69) is 93.7 Å². The first-order valence-corrected chi connectivity index (χ1v) is 34.4. The molecule has 458 valence electrons. The normalized spacial score (nSPS) is 12.5. The zero-order valence-electron chi connectivity index (χ0n) is 52.6. The number of carbonyl (C=O) groups is 3. The molecule has 0 heterocycles. The lowest BCUT2D eigenvalue weighted by molar-refractivity contribution is -0.167. The van der Waals surface area contributed by atoms with E-state index in [4.69, 9.17) is 14.2 Å². The van der Waals surface area contributed by atoms with Crippen LogP contribution in [-0.4, -0.2) is 37.2 Å². The molecule has 0 radical (unpaired) electrons. The Hall–Kier alpha value is -3.15. The van der Waals surface area contributed by atoms with E-state index < -0.39 is 6.10 Å². The van der Waals surface area contributed by atoms with Crippen LogP contribution in [0, 0.1) is 0 Å². The van der Waals surface area contributed by atoms with Crippen molar-refractivity contribution in [2.24, 2.45) is 0 Å². The van der Waals surface area contributed by atoms with Gasteiger partial charge in [-0.15, -0.1) is 0 Å². The van der Waals surface area contributed by atoms with Gasteiger partial charge in [0.1, 0.15) is 13.2 Å². The van der Waals surface area contributed by atoms with Crippen molar-refractivity contribution >= 4 is 17.9 Å². The van der Waals surface area contributed by atoms with Gasteiger partial charge in [-0.2, -0.15) is 0 Å². The van der Waals surface area contributed by atoms with Crippen LogP contribution in [0.4, 0.5) is 0 Å². The van der Waals surface area contributed by atoms with Crippen LogP contribution in [0.3, 0.4) is 0 Å². The van der Waals surface area contributed by atoms with Gasteiger partial charge >= 0.3 is 17.9 Å². The molecule has 0 spiro atoms. The number of allylic oxidation sites excluding steroid dienone is 12. The van der Waals surface area contributed by atoms with Crippen molar-refractivity contribution in [3.8, 4) is 0 Å². The molecule has 0 bridgehead atoms. The Morgan fingerprint density at radius 3 is 0.797 bits per heavy atom. The predicted molar refractivity (Wildman–Crippen MR) is 344 cm³/mol. The van der Waals surface area contributed by atoms with Crippen molar-refractivity contribution in [3.05, 3.63) is 72.9 Å². The van der Waals surface area contributed by atoms with Gasteiger partial charge < -0.3 is 14.2 Å². The number of hydrogen-bond acceptors (Lipinski definition) is 6. The van der Waals surface area contributed by atoms with E-state index in [0.717, 1.165) is 83.5 Å². The lowest BCUT2D eigenvalue weighted by Gasteiger charge is -2.18. The van der Waals surface area contributed by atoms with Crippen molar-refractivity contribution in [2.75, 3.05) is 13.2 Å². The Balaban J connectivity index is 4.19. The van der Waals surface area contributed by atoms with Gasteiger partial charge in [-0.1, -0.05) is 318 Å². The molecule has 0 amide bonds. The van der Waals surface area contributed by atoms with Crippen LogP contribution < -0.4 is 0 Å². The number of ether oxygens (including phenoxy) is 3. The topological polar surface area (TPSA) is 78.9 Å². The quantitative estimate of drug-likeness (QED) is 0.0261. The second-order valence-electron chi connectivity index (χ2n) is 23.1. The molecule has 0 aromatic carbocycles. The maximum atomic E-state index is 12.9. The summed E-state index contributed by atoms with van der Waals surface area (Å²) in [6, 6.07) is 0. The maximum Gasteiger partial charge on any atom is 0.306 e. The van der Waals surface area contributed by atoms with Gasteiger partial charge in [-0.3, -0.25) is 14.4 Å². The molecule has 0 fully saturated rings. The molecule has 1 atom stereocenters. The largest absolute Gasteiger partial charge is 0.462 e. The fraction of sp³-hybridized carbons (Fsp3) is 0.795. The van der Waals surface area contributed by atoms with Crippen molar-refractivity contribution in [3.63, 3.8) is 0 Å². The van der Waals surface area contributed by atoms with Gasteiger partial charge in [0.2, 0.25) is 0 Å². The first-order valence-electron chi connectivity index (χ1n) is 34.4. The maximum absolute atomic E-state index is 12.9. The van der Waals surface area contributed by atoms with E-state index in [9.17, 15) is 14.4 Å². The molecule has 0 rings (SSSR count). The third-order valence-electron chi connectivity index (χ3n) is 15.2. The first kappa shape index (κ1) is 75.8. The summed E-state index contributed by atoms with van der Waals surface area (Å²) < 4.78 is 16.9. The summed E-state index contributed by atoms with van der Waals surface area (Å²) in [5.41, 5.74) is 0. The summed E-state index contributed by atoms with van der Waals surface area (Å²) in [4.78, 5) is 38.3. The average Bonchev–Trinajstić information content (AvgIpc) is 3.45. The Kier molecular flexibility index (Phi) is 64.7. The minimum absolute atomic E-state index is 0.0875. The molecule has 0 saturated carbocycles. The van der Waals surface area contributed by atoms with Gasteiger partial charge in [0.05, 0.1) is 0 Å². The van der Waals surface area contributed by atoms with Crippen LogP contribution in [0.25, 0.3) is 0 Å². The van der Waals surface area contributed by atoms with E-state index in [-0.39, 0.29) is 37.5 Å². The predicted octanol–water partition coefficient (Wildman–Crippen LogP) is 23.7. The van der Waals surface area contributed by atoms with Crippen LogP contribution >= 0.6 is 0 Å². The lowest BCUT2D eigenvalue weighted by Crippen LogP contribution is -2.30. The molecular weight excluding hydrogens is 973 g/mol. The molecular formula is C73H130O6. The summed E-state index contributed by atoms with van der Waals surface area (Å²) >= 11 is 0. The van der Waals surface area contributed by atoms with E-state index in [1.165, 1.54) is 225 Å². The van der Waals surface area contributed by atoms with Crippen LogP contribution in [0.15, 0.2) is 72.9 Å². The summed E-state index contributed by atoms with van der Waals surface area (Å²) in [5.74, 6) is -0.910. The minimum atomic E-state index is -0.795. The second kappa shape index (κ2) is 67.4. The number of esters is 3. The van der Waals surface area contributed by atoms with E-state index >= 15 is 0 Å². The molecule has 6 heteroatoms. The molecule has 0 aliphatic carbocycles. The molecule has 1 unspecified atom stereocenters. The number of unbranched alkanes of at least 4 members (excludes halogenated alkanes) is 40. The van der Waals surface area contributed by atoms with Crippen LogP contribution in [0.2, 0.25) is 0 Å². The summed E-state index contributed by atoms with van der Waals surface area (Å²) in [7, 11) is 0. The van der Waals surface area contributed by atoms with Gasteiger partial charge in [0.15, 0.2) is 6.10 Å². The van der Waals surface area contributed by atoms with Crippen LogP contribution in [-0.2, 0) is 28.6 Å². The van der Waals surface area contributed by atoms with Crippen molar-refractivity contribution in [1.29, 1.82) is 0 Å². The Bertz CT molecular complexity index is 1450. The fourth-order valence-electron chi connectivity index (χ4n) is 10.1. The number of rotatable bonds is 63. The van der Waals surface area contributed by atoms with Gasteiger partial charge in [-0.05, 0) is 89.9 Å². The number of carbonyl (C=O) groups excluding carboxylic acids is 3. The van der Waals surface area contributed by atoms with Gasteiger partial charge in [-0.25, -0.2) is 0 Å². The average molecular weight is 1100 g/mol. The zero-order chi connectivity index (χ0) is 57.1. The Labute approximate surface area is 491 Å². The highest BCUT2D eigenvalue weighted by atomic mass is 16.6. The molecule has 0 saturated heterocycles. The summed E-state index contributed by atoms with van der Waals surface area (Å²) in [5, 5.41) is 0. The molecule has 0 aromatic heterocycles. The Morgan fingerprint density at radius 1 is 0.266 bits per heavy atom. The van der Waals surface area contributed by atoms with Gasteiger partial charge in [0.25, 0.3) is 0 Å². The molecule has 79 heavy (non-hydrogen) atoms. The first-order chi connectivity index (χ1) is 39.0. The summed E-state index contributed by atoms with van der Waals surface area (Å²) in [6.45, 7) is 6.53. The van der Waals surface area contributed by atoms with E-state index in [1.54, 1.807) is 0 Å². The second-order valence-corrected chi connectivity index (χ2v) is 23.1. The Morgan fingerprint density at radius 2 is 0.494 bits per heavy atom. The van der Waals surface area contributed by atoms with Crippen LogP contribution in [0.1, 0.15) is 355 Å². The van der Waals surface area contributed by atoms with E-state index in [0.29, 0.717) is 19.3 Å². The van der Waals surface area contributed by atoms with Gasteiger partial charge in [0, 0.05) is 19.3 Å². The molecule has 0 aliphatic rings. The molecule has 0 aromatic rings. The number of hydrogen-bond donors (Lipinski definition) is 0. The zero-order valence-corrected chi connectivity index (χ0v) is 52.6. The highest BCUT2D eigenvalue weighted by Gasteiger charge is 2.19. The highest BCUT2D eigenvalue weighted by molar-refractivity contribution is 5.71. The molecule has 0 aliphatic heterocycles. The monoisotopic (exact) mass is 1100 g/mol. The lowest BCUT2D eigenvalue weighted by atomic mass is 10.0. The highest BCUT2D eigenvalue weighted by Crippen LogP contribution is 2.18.